The minimum absolute atomic E-state index is 0.0103. The van der Waals surface area contributed by atoms with Crippen LogP contribution in [0.25, 0.3) is 0 Å². The normalized spacial score (nSPS) is 20.0. The zero-order valence-electron chi connectivity index (χ0n) is 13.7. The summed E-state index contributed by atoms with van der Waals surface area (Å²) in [7, 11) is 0. The van der Waals surface area contributed by atoms with Gasteiger partial charge < -0.3 is 15.2 Å². The number of ether oxygens (including phenoxy) is 1. The Morgan fingerprint density at radius 1 is 1.24 bits per heavy atom. The molecule has 0 saturated heterocycles. The van der Waals surface area contributed by atoms with Crippen molar-refractivity contribution in [1.29, 1.82) is 0 Å². The monoisotopic (exact) mass is 347 g/mol. The van der Waals surface area contributed by atoms with E-state index >= 15 is 0 Å². The fourth-order valence-electron chi connectivity index (χ4n) is 3.14. The average Bonchev–Trinajstić information content (AvgIpc) is 2.96. The van der Waals surface area contributed by atoms with Crippen molar-refractivity contribution in [1.82, 2.24) is 5.32 Å². The molecule has 3 rings (SSSR count). The third-order valence-electron chi connectivity index (χ3n) is 4.44. The first kappa shape index (κ1) is 17.4. The number of hydrogen-bond donors (Lipinski definition) is 2. The van der Waals surface area contributed by atoms with Crippen molar-refractivity contribution in [2.75, 3.05) is 6.61 Å². The van der Waals surface area contributed by atoms with Crippen LogP contribution in [0.15, 0.2) is 42.5 Å². The van der Waals surface area contributed by atoms with Crippen molar-refractivity contribution in [3.63, 3.8) is 0 Å². The standard InChI is InChI=1S/C19H19F2NO3/c1-11(25-13-6-7-16(20)17(21)9-13)19(24)22-18-8-12(10-23)14-4-2-3-5-15(14)18/h2-7,9,11-12,18,23H,8,10H2,1H3,(H,22,24)/t11-,12+,18+/m0/s1. The molecule has 3 atom stereocenters. The fourth-order valence-corrected chi connectivity index (χ4v) is 3.14. The first-order valence-corrected chi connectivity index (χ1v) is 8.11. The van der Waals surface area contributed by atoms with Gasteiger partial charge >= 0.3 is 0 Å². The molecule has 4 nitrogen and oxygen atoms in total. The molecule has 0 heterocycles. The van der Waals surface area contributed by atoms with E-state index in [4.69, 9.17) is 4.74 Å². The van der Waals surface area contributed by atoms with Gasteiger partial charge in [-0.05, 0) is 36.6 Å². The summed E-state index contributed by atoms with van der Waals surface area (Å²) < 4.78 is 31.6. The van der Waals surface area contributed by atoms with Crippen LogP contribution in [-0.4, -0.2) is 23.7 Å². The van der Waals surface area contributed by atoms with Crippen LogP contribution in [0.3, 0.4) is 0 Å². The summed E-state index contributed by atoms with van der Waals surface area (Å²) in [6.07, 6.45) is -0.260. The molecule has 0 unspecified atom stereocenters. The van der Waals surface area contributed by atoms with Crippen molar-refractivity contribution < 1.29 is 23.4 Å². The lowest BCUT2D eigenvalue weighted by Crippen LogP contribution is -2.38. The van der Waals surface area contributed by atoms with E-state index in [1.165, 1.54) is 6.07 Å². The van der Waals surface area contributed by atoms with Crippen LogP contribution >= 0.6 is 0 Å². The quantitative estimate of drug-likeness (QED) is 0.874. The van der Waals surface area contributed by atoms with Crippen LogP contribution in [0, 0.1) is 11.6 Å². The van der Waals surface area contributed by atoms with E-state index in [1.807, 2.05) is 24.3 Å². The van der Waals surface area contributed by atoms with Crippen molar-refractivity contribution in [2.24, 2.45) is 0 Å². The van der Waals surface area contributed by atoms with E-state index in [9.17, 15) is 18.7 Å². The largest absolute Gasteiger partial charge is 0.481 e. The second-order valence-corrected chi connectivity index (χ2v) is 6.14. The van der Waals surface area contributed by atoms with Crippen LogP contribution in [0.4, 0.5) is 8.78 Å². The minimum Gasteiger partial charge on any atom is -0.481 e. The highest BCUT2D eigenvalue weighted by molar-refractivity contribution is 5.81. The van der Waals surface area contributed by atoms with Gasteiger partial charge in [0.2, 0.25) is 0 Å². The number of hydrogen-bond acceptors (Lipinski definition) is 3. The van der Waals surface area contributed by atoms with E-state index in [2.05, 4.69) is 5.32 Å². The summed E-state index contributed by atoms with van der Waals surface area (Å²) in [5.41, 5.74) is 2.01. The van der Waals surface area contributed by atoms with Gasteiger partial charge in [-0.1, -0.05) is 24.3 Å². The van der Waals surface area contributed by atoms with Gasteiger partial charge in [0, 0.05) is 12.0 Å². The molecule has 1 aliphatic rings. The van der Waals surface area contributed by atoms with Gasteiger partial charge in [-0.25, -0.2) is 8.78 Å². The average molecular weight is 347 g/mol. The van der Waals surface area contributed by atoms with Crippen LogP contribution in [0.5, 0.6) is 5.75 Å². The van der Waals surface area contributed by atoms with Crippen molar-refractivity contribution in [3.05, 3.63) is 65.2 Å². The van der Waals surface area contributed by atoms with Gasteiger partial charge in [-0.3, -0.25) is 4.79 Å². The van der Waals surface area contributed by atoms with Gasteiger partial charge in [-0.2, -0.15) is 0 Å². The third-order valence-corrected chi connectivity index (χ3v) is 4.44. The summed E-state index contributed by atoms with van der Waals surface area (Å²) >= 11 is 0. The first-order chi connectivity index (χ1) is 12.0. The molecule has 25 heavy (non-hydrogen) atoms. The van der Waals surface area contributed by atoms with E-state index in [-0.39, 0.29) is 30.2 Å². The SMILES string of the molecule is C[C@H](Oc1ccc(F)c(F)c1)C(=O)N[C@@H]1C[C@H](CO)c2ccccc21. The van der Waals surface area contributed by atoms with E-state index < -0.39 is 17.7 Å². The highest BCUT2D eigenvalue weighted by Gasteiger charge is 2.32. The molecule has 1 aliphatic carbocycles. The molecule has 1 amide bonds. The zero-order valence-corrected chi connectivity index (χ0v) is 13.7. The summed E-state index contributed by atoms with van der Waals surface area (Å²) in [6, 6.07) is 10.6. The number of rotatable bonds is 5. The molecule has 2 aromatic carbocycles. The highest BCUT2D eigenvalue weighted by Crippen LogP contribution is 2.39. The molecule has 0 bridgehead atoms. The molecule has 6 heteroatoms. The van der Waals surface area contributed by atoms with Crippen LogP contribution in [0.2, 0.25) is 0 Å². The van der Waals surface area contributed by atoms with Gasteiger partial charge in [0.15, 0.2) is 17.7 Å². The number of halogens is 2. The molecule has 0 saturated carbocycles. The Balaban J connectivity index is 1.67. The highest BCUT2D eigenvalue weighted by atomic mass is 19.2. The lowest BCUT2D eigenvalue weighted by Gasteiger charge is -2.19. The minimum atomic E-state index is -1.03. The molecule has 2 N–H and O–H groups in total. The maximum absolute atomic E-state index is 13.2. The summed E-state index contributed by atoms with van der Waals surface area (Å²) in [5, 5.41) is 12.4. The predicted octanol–water partition coefficient (Wildman–Crippen LogP) is 3.07. The Morgan fingerprint density at radius 3 is 2.64 bits per heavy atom. The first-order valence-electron chi connectivity index (χ1n) is 8.11. The lowest BCUT2D eigenvalue weighted by atomic mass is 10.0. The molecule has 132 valence electrons. The second-order valence-electron chi connectivity index (χ2n) is 6.14. The van der Waals surface area contributed by atoms with Gasteiger partial charge in [-0.15, -0.1) is 0 Å². The van der Waals surface area contributed by atoms with Crippen molar-refractivity contribution in [2.45, 2.75) is 31.4 Å². The molecule has 2 aromatic rings. The summed E-state index contributed by atoms with van der Waals surface area (Å²) in [6.45, 7) is 1.56. The Bertz CT molecular complexity index is 781. The molecule has 0 fully saturated rings. The van der Waals surface area contributed by atoms with E-state index in [1.54, 1.807) is 6.92 Å². The van der Waals surface area contributed by atoms with Crippen molar-refractivity contribution in [3.8, 4) is 5.75 Å². The predicted molar refractivity (Wildman–Crippen MR) is 88.2 cm³/mol. The molecular weight excluding hydrogens is 328 g/mol. The van der Waals surface area contributed by atoms with Gasteiger partial charge in [0.1, 0.15) is 5.75 Å². The lowest BCUT2D eigenvalue weighted by molar-refractivity contribution is -0.128. The number of aliphatic hydroxyl groups is 1. The number of fused-ring (bicyclic) bond motifs is 1. The number of benzene rings is 2. The van der Waals surface area contributed by atoms with Crippen molar-refractivity contribution >= 4 is 5.91 Å². The summed E-state index contributed by atoms with van der Waals surface area (Å²) in [5.74, 6) is -2.28. The third kappa shape index (κ3) is 3.64. The summed E-state index contributed by atoms with van der Waals surface area (Å²) in [4.78, 5) is 12.4. The number of carbonyl (C=O) groups is 1. The molecule has 0 aliphatic heterocycles. The Hall–Kier alpha value is -2.47. The number of aliphatic hydroxyl groups excluding tert-OH is 1. The van der Waals surface area contributed by atoms with Gasteiger partial charge in [0.05, 0.1) is 12.6 Å². The van der Waals surface area contributed by atoms with Gasteiger partial charge in [0.25, 0.3) is 5.91 Å². The Labute approximate surface area is 144 Å². The fraction of sp³-hybridized carbons (Fsp3) is 0.316. The Kier molecular flexibility index (Phi) is 4.99. The smallest absolute Gasteiger partial charge is 0.261 e. The van der Waals surface area contributed by atoms with E-state index in [0.29, 0.717) is 6.42 Å². The van der Waals surface area contributed by atoms with Crippen LogP contribution < -0.4 is 10.1 Å². The maximum Gasteiger partial charge on any atom is 0.261 e. The van der Waals surface area contributed by atoms with Crippen LogP contribution in [0.1, 0.15) is 36.4 Å². The molecule has 0 aromatic heterocycles. The number of carbonyl (C=O) groups excluding carboxylic acids is 1. The second kappa shape index (κ2) is 7.19. The number of amides is 1. The zero-order chi connectivity index (χ0) is 18.0. The number of nitrogens with one attached hydrogen (secondary N) is 1. The maximum atomic E-state index is 13.2. The molecule has 0 radical (unpaired) electrons. The van der Waals surface area contributed by atoms with E-state index in [0.717, 1.165) is 23.3 Å². The topological polar surface area (TPSA) is 58.6 Å². The Morgan fingerprint density at radius 2 is 1.96 bits per heavy atom. The molecular formula is C19H19F2NO3. The molecule has 0 spiro atoms. The van der Waals surface area contributed by atoms with Crippen LogP contribution in [-0.2, 0) is 4.79 Å².